The van der Waals surface area contributed by atoms with Crippen LogP contribution in [0.1, 0.15) is 0 Å². The van der Waals surface area contributed by atoms with Crippen molar-refractivity contribution in [3.8, 4) is 0 Å². The summed E-state index contributed by atoms with van der Waals surface area (Å²) in [7, 11) is 0. The van der Waals surface area contributed by atoms with E-state index in [4.69, 9.17) is 0 Å². The number of alkyl halides is 7. The van der Waals surface area contributed by atoms with Crippen LogP contribution in [-0.4, -0.2) is 18.0 Å². The largest absolute Gasteiger partial charge is 0.460 e. The summed E-state index contributed by atoms with van der Waals surface area (Å²) >= 11 is 1.80. The van der Waals surface area contributed by atoms with Crippen LogP contribution in [0.4, 0.5) is 30.7 Å². The van der Waals surface area contributed by atoms with Crippen LogP contribution in [-0.2, 0) is 0 Å². The second kappa shape index (κ2) is 3.14. The lowest BCUT2D eigenvalue weighted by molar-refractivity contribution is -0.342. The molecule has 0 N–H and O–H groups in total. The van der Waals surface area contributed by atoms with Crippen molar-refractivity contribution < 1.29 is 30.7 Å². The van der Waals surface area contributed by atoms with Gasteiger partial charge >= 0.3 is 18.0 Å². The van der Waals surface area contributed by atoms with Crippen molar-refractivity contribution >= 4 is 15.9 Å². The fourth-order valence-electron chi connectivity index (χ4n) is 0.348. The Kier molecular flexibility index (Phi) is 3.08. The third-order valence-electron chi connectivity index (χ3n) is 1.09. The first kappa shape index (κ1) is 12.7. The van der Waals surface area contributed by atoms with E-state index in [1.807, 2.05) is 0 Å². The average Bonchev–Trinajstić information content (AvgIpc) is 1.84. The highest BCUT2D eigenvalue weighted by atomic mass is 79.9. The quantitative estimate of drug-likeness (QED) is 0.673. The minimum absolute atomic E-state index is 1.72. The molecule has 0 aliphatic heterocycles. The highest BCUT2D eigenvalue weighted by Gasteiger charge is 2.73. The standard InChI is InChI=1S/C5H2BrF7/c1-2(6)3(7,8)4(9,10)5(11,12)13/h1H2. The van der Waals surface area contributed by atoms with Gasteiger partial charge in [-0.15, -0.1) is 0 Å². The summed E-state index contributed by atoms with van der Waals surface area (Å²) in [4.78, 5) is 0. The van der Waals surface area contributed by atoms with Gasteiger partial charge in [-0.25, -0.2) is 0 Å². The van der Waals surface area contributed by atoms with Gasteiger partial charge in [-0.3, -0.25) is 0 Å². The normalized spacial score (nSPS) is 14.5. The van der Waals surface area contributed by atoms with E-state index in [2.05, 4.69) is 6.58 Å². The maximum absolute atomic E-state index is 12.2. The van der Waals surface area contributed by atoms with Crippen LogP contribution >= 0.6 is 15.9 Å². The molecule has 0 saturated heterocycles. The lowest BCUT2D eigenvalue weighted by atomic mass is 10.1. The van der Waals surface area contributed by atoms with Crippen molar-refractivity contribution in [1.29, 1.82) is 0 Å². The third-order valence-corrected chi connectivity index (χ3v) is 1.59. The first-order chi connectivity index (χ1) is 5.44. The van der Waals surface area contributed by atoms with E-state index in [1.54, 1.807) is 15.9 Å². The van der Waals surface area contributed by atoms with Gasteiger partial charge < -0.3 is 0 Å². The first-order valence-electron chi connectivity index (χ1n) is 2.62. The van der Waals surface area contributed by atoms with Gasteiger partial charge in [0, 0.05) is 0 Å². The third kappa shape index (κ3) is 1.97. The molecule has 0 saturated carbocycles. The van der Waals surface area contributed by atoms with E-state index >= 15 is 0 Å². The van der Waals surface area contributed by atoms with Crippen molar-refractivity contribution in [2.24, 2.45) is 0 Å². The lowest BCUT2D eigenvalue weighted by Gasteiger charge is -2.27. The monoisotopic (exact) mass is 274 g/mol. The zero-order valence-corrected chi connectivity index (χ0v) is 7.32. The van der Waals surface area contributed by atoms with Gasteiger partial charge in [-0.2, -0.15) is 30.7 Å². The number of hydrogen-bond donors (Lipinski definition) is 0. The van der Waals surface area contributed by atoms with Crippen molar-refractivity contribution in [3.05, 3.63) is 11.1 Å². The number of rotatable bonds is 2. The Morgan fingerprint density at radius 2 is 1.23 bits per heavy atom. The molecule has 0 heterocycles. The van der Waals surface area contributed by atoms with Crippen LogP contribution in [0.3, 0.4) is 0 Å². The van der Waals surface area contributed by atoms with Gasteiger partial charge in [0.1, 0.15) is 0 Å². The van der Waals surface area contributed by atoms with E-state index < -0.39 is 22.5 Å². The average molecular weight is 275 g/mol. The highest BCUT2D eigenvalue weighted by Crippen LogP contribution is 2.50. The molecule has 0 nitrogen and oxygen atoms in total. The maximum atomic E-state index is 12.2. The van der Waals surface area contributed by atoms with E-state index in [0.29, 0.717) is 0 Å². The molecule has 0 atom stereocenters. The highest BCUT2D eigenvalue weighted by molar-refractivity contribution is 9.11. The molecule has 0 bridgehead atoms. The molecule has 0 aliphatic rings. The lowest BCUT2D eigenvalue weighted by Crippen LogP contribution is -2.51. The van der Waals surface area contributed by atoms with E-state index in [9.17, 15) is 30.7 Å². The van der Waals surface area contributed by atoms with Crippen LogP contribution in [0.5, 0.6) is 0 Å². The van der Waals surface area contributed by atoms with E-state index in [0.717, 1.165) is 0 Å². The zero-order chi connectivity index (χ0) is 11.1. The topological polar surface area (TPSA) is 0 Å². The molecule has 0 aromatic heterocycles. The smallest absolute Gasteiger partial charge is 0.193 e. The van der Waals surface area contributed by atoms with Crippen LogP contribution < -0.4 is 0 Å². The zero-order valence-electron chi connectivity index (χ0n) is 5.73. The summed E-state index contributed by atoms with van der Waals surface area (Å²) in [5, 5.41) is 0. The number of hydrogen-bond acceptors (Lipinski definition) is 0. The number of halogens is 8. The molecule has 0 aliphatic carbocycles. The molecule has 0 radical (unpaired) electrons. The first-order valence-corrected chi connectivity index (χ1v) is 3.41. The summed E-state index contributed by atoms with van der Waals surface area (Å²) < 4.78 is 80.9. The minimum Gasteiger partial charge on any atom is -0.193 e. The van der Waals surface area contributed by atoms with Crippen LogP contribution in [0.15, 0.2) is 11.1 Å². The predicted molar refractivity (Wildman–Crippen MR) is 34.0 cm³/mol. The van der Waals surface area contributed by atoms with Gasteiger partial charge in [0.05, 0.1) is 4.48 Å². The molecule has 78 valence electrons. The van der Waals surface area contributed by atoms with Crippen molar-refractivity contribution in [2.75, 3.05) is 0 Å². The maximum Gasteiger partial charge on any atom is 0.460 e. The van der Waals surface area contributed by atoms with Gasteiger partial charge in [-0.05, 0) is 15.9 Å². The second-order valence-electron chi connectivity index (χ2n) is 2.05. The van der Waals surface area contributed by atoms with Crippen LogP contribution in [0.25, 0.3) is 0 Å². The Balaban J connectivity index is 5.16. The predicted octanol–water partition coefficient (Wildman–Crippen LogP) is 3.73. The molecule has 0 aromatic carbocycles. The molecule has 0 rings (SSSR count). The number of allylic oxidation sites excluding steroid dienone is 1. The van der Waals surface area contributed by atoms with Crippen LogP contribution in [0.2, 0.25) is 0 Å². The minimum atomic E-state index is -6.31. The Labute approximate surface area is 76.5 Å². The molecule has 13 heavy (non-hydrogen) atoms. The van der Waals surface area contributed by atoms with Gasteiger partial charge in [0.2, 0.25) is 0 Å². The molecule has 0 spiro atoms. The Bertz CT molecular complexity index is 215. The molecule has 0 aromatic rings. The summed E-state index contributed by atoms with van der Waals surface area (Å²) in [6, 6.07) is 0. The van der Waals surface area contributed by atoms with Crippen molar-refractivity contribution in [2.45, 2.75) is 18.0 Å². The molecule has 8 heteroatoms. The van der Waals surface area contributed by atoms with Crippen LogP contribution in [0, 0.1) is 0 Å². The van der Waals surface area contributed by atoms with Gasteiger partial charge in [0.25, 0.3) is 0 Å². The molecule has 0 fully saturated rings. The molecular weight excluding hydrogens is 273 g/mol. The van der Waals surface area contributed by atoms with Crippen molar-refractivity contribution in [1.82, 2.24) is 0 Å². The van der Waals surface area contributed by atoms with E-state index in [1.165, 1.54) is 0 Å². The van der Waals surface area contributed by atoms with E-state index in [-0.39, 0.29) is 0 Å². The fourth-order valence-corrected chi connectivity index (χ4v) is 0.597. The van der Waals surface area contributed by atoms with Crippen molar-refractivity contribution in [3.63, 3.8) is 0 Å². The Morgan fingerprint density at radius 3 is 1.31 bits per heavy atom. The molecule has 0 unspecified atom stereocenters. The summed E-state index contributed by atoms with van der Waals surface area (Å²) in [5.74, 6) is -11.5. The second-order valence-corrected chi connectivity index (χ2v) is 3.01. The molecule has 0 amide bonds. The Hall–Kier alpha value is -0.270. The summed E-state index contributed by atoms with van der Waals surface area (Å²) in [6.07, 6.45) is -6.31. The molecular formula is C5H2BrF7. The fraction of sp³-hybridized carbons (Fsp3) is 0.600. The summed E-state index contributed by atoms with van der Waals surface area (Å²) in [5.41, 5.74) is 0. The SMILES string of the molecule is C=C(Br)C(F)(F)C(F)(F)C(F)(F)F. The van der Waals surface area contributed by atoms with Gasteiger partial charge in [0.15, 0.2) is 0 Å². The summed E-state index contributed by atoms with van der Waals surface area (Å²) in [6.45, 7) is 2.29. The Morgan fingerprint density at radius 1 is 0.923 bits per heavy atom. The van der Waals surface area contributed by atoms with Gasteiger partial charge in [-0.1, -0.05) is 6.58 Å².